The Morgan fingerprint density at radius 1 is 1.17 bits per heavy atom. The summed E-state index contributed by atoms with van der Waals surface area (Å²) in [6.45, 7) is 0.317. The lowest BCUT2D eigenvalue weighted by Gasteiger charge is -2.10. The Labute approximate surface area is 137 Å². The van der Waals surface area contributed by atoms with Gasteiger partial charge in [0, 0.05) is 5.39 Å². The van der Waals surface area contributed by atoms with Crippen LogP contribution in [0, 0.1) is 5.82 Å². The minimum atomic E-state index is -0.508. The summed E-state index contributed by atoms with van der Waals surface area (Å²) in [5, 5.41) is 0.585. The fraction of sp³-hybridized carbons (Fsp3) is 0.118. The normalized spacial score (nSPS) is 10.7. The molecular formula is C17H14ClFN2O2. The van der Waals surface area contributed by atoms with Crippen molar-refractivity contribution in [3.05, 3.63) is 58.9 Å². The van der Waals surface area contributed by atoms with Crippen molar-refractivity contribution in [3.63, 3.8) is 0 Å². The van der Waals surface area contributed by atoms with Gasteiger partial charge < -0.3 is 15.2 Å². The van der Waals surface area contributed by atoms with E-state index in [1.54, 1.807) is 13.2 Å². The molecule has 4 nitrogen and oxygen atoms in total. The molecule has 2 N–H and O–H groups in total. The second kappa shape index (κ2) is 6.30. The van der Waals surface area contributed by atoms with Crippen molar-refractivity contribution in [1.82, 2.24) is 4.98 Å². The van der Waals surface area contributed by atoms with Gasteiger partial charge in [0.05, 0.1) is 17.6 Å². The molecule has 0 radical (unpaired) electrons. The van der Waals surface area contributed by atoms with Crippen molar-refractivity contribution in [1.29, 1.82) is 0 Å². The minimum Gasteiger partial charge on any atom is -0.497 e. The Hall–Kier alpha value is -2.53. The number of anilines is 1. The summed E-state index contributed by atoms with van der Waals surface area (Å²) in [6, 6.07) is 11.9. The Morgan fingerprint density at radius 3 is 2.61 bits per heavy atom. The standard InChI is InChI=1S/C17H14ClFN2O2/c1-22-12-4-2-10(3-5-12)9-23-16-7-11-6-14(19)13(18)8-15(11)21-17(16)20/h2-8H,9H2,1H3,(H2,20,21). The van der Waals surface area contributed by atoms with Crippen LogP contribution in [0.25, 0.3) is 10.9 Å². The molecule has 0 aliphatic heterocycles. The summed E-state index contributed by atoms with van der Waals surface area (Å²) in [7, 11) is 1.61. The number of rotatable bonds is 4. The van der Waals surface area contributed by atoms with Gasteiger partial charge >= 0.3 is 0 Å². The molecule has 2 aromatic carbocycles. The first-order valence-electron chi connectivity index (χ1n) is 6.88. The maximum atomic E-state index is 13.6. The molecule has 1 aromatic heterocycles. The van der Waals surface area contributed by atoms with Crippen LogP contribution in [0.1, 0.15) is 5.56 Å². The molecule has 0 saturated heterocycles. The van der Waals surface area contributed by atoms with Gasteiger partial charge in [-0.2, -0.15) is 0 Å². The molecule has 23 heavy (non-hydrogen) atoms. The van der Waals surface area contributed by atoms with Crippen molar-refractivity contribution >= 4 is 28.3 Å². The van der Waals surface area contributed by atoms with Crippen LogP contribution in [0.3, 0.4) is 0 Å². The minimum absolute atomic E-state index is 0.0105. The predicted octanol–water partition coefficient (Wildman–Crippen LogP) is 4.20. The second-order valence-electron chi connectivity index (χ2n) is 4.97. The number of ether oxygens (including phenoxy) is 2. The van der Waals surface area contributed by atoms with Crippen LogP contribution in [0.4, 0.5) is 10.2 Å². The number of nitrogens with two attached hydrogens (primary N) is 1. The highest BCUT2D eigenvalue weighted by Gasteiger charge is 2.09. The molecule has 118 valence electrons. The average Bonchev–Trinajstić information content (AvgIpc) is 2.55. The van der Waals surface area contributed by atoms with E-state index in [-0.39, 0.29) is 10.8 Å². The molecule has 0 bridgehead atoms. The Balaban J connectivity index is 1.84. The van der Waals surface area contributed by atoms with Gasteiger partial charge in [0.15, 0.2) is 11.6 Å². The number of methoxy groups -OCH3 is 1. The molecule has 0 saturated carbocycles. The van der Waals surface area contributed by atoms with Crippen LogP contribution in [-0.4, -0.2) is 12.1 Å². The number of pyridine rings is 1. The predicted molar refractivity (Wildman–Crippen MR) is 88.4 cm³/mol. The third-order valence-electron chi connectivity index (χ3n) is 3.40. The van der Waals surface area contributed by atoms with Crippen LogP contribution in [-0.2, 0) is 6.61 Å². The monoisotopic (exact) mass is 332 g/mol. The van der Waals surface area contributed by atoms with E-state index < -0.39 is 5.82 Å². The van der Waals surface area contributed by atoms with E-state index in [2.05, 4.69) is 4.98 Å². The molecule has 0 fully saturated rings. The second-order valence-corrected chi connectivity index (χ2v) is 5.37. The van der Waals surface area contributed by atoms with E-state index in [1.807, 2.05) is 24.3 Å². The van der Waals surface area contributed by atoms with Crippen molar-refractivity contribution in [3.8, 4) is 11.5 Å². The first-order chi connectivity index (χ1) is 11.1. The van der Waals surface area contributed by atoms with Gasteiger partial charge in [0.25, 0.3) is 0 Å². The molecule has 1 heterocycles. The lowest BCUT2D eigenvalue weighted by Crippen LogP contribution is -2.01. The topological polar surface area (TPSA) is 57.4 Å². The molecule has 6 heteroatoms. The van der Waals surface area contributed by atoms with Crippen molar-refractivity contribution in [2.45, 2.75) is 6.61 Å². The number of aromatic nitrogens is 1. The molecule has 0 amide bonds. The van der Waals surface area contributed by atoms with Crippen molar-refractivity contribution in [2.24, 2.45) is 0 Å². The molecule has 0 atom stereocenters. The third kappa shape index (κ3) is 3.29. The van der Waals surface area contributed by atoms with Crippen LogP contribution in [0.15, 0.2) is 42.5 Å². The van der Waals surface area contributed by atoms with Gasteiger partial charge in [-0.1, -0.05) is 23.7 Å². The molecule has 3 rings (SSSR count). The van der Waals surface area contributed by atoms with E-state index in [4.69, 9.17) is 26.8 Å². The Kier molecular flexibility index (Phi) is 4.21. The molecule has 0 aliphatic rings. The van der Waals surface area contributed by atoms with Crippen molar-refractivity contribution in [2.75, 3.05) is 12.8 Å². The zero-order chi connectivity index (χ0) is 16.4. The molecular weight excluding hydrogens is 319 g/mol. The maximum Gasteiger partial charge on any atom is 0.166 e. The highest BCUT2D eigenvalue weighted by molar-refractivity contribution is 6.31. The van der Waals surface area contributed by atoms with Gasteiger partial charge in [-0.3, -0.25) is 0 Å². The fourth-order valence-electron chi connectivity index (χ4n) is 2.16. The quantitative estimate of drug-likeness (QED) is 0.778. The lowest BCUT2D eigenvalue weighted by molar-refractivity contribution is 0.307. The van der Waals surface area contributed by atoms with Crippen LogP contribution >= 0.6 is 11.6 Å². The maximum absolute atomic E-state index is 13.6. The van der Waals surface area contributed by atoms with E-state index in [0.29, 0.717) is 23.3 Å². The first kappa shape index (κ1) is 15.4. The SMILES string of the molecule is COc1ccc(COc2cc3cc(F)c(Cl)cc3nc2N)cc1. The summed E-state index contributed by atoms with van der Waals surface area (Å²) in [5.41, 5.74) is 7.36. The summed E-state index contributed by atoms with van der Waals surface area (Å²) >= 11 is 5.75. The Bertz CT molecular complexity index is 853. The van der Waals surface area contributed by atoms with E-state index >= 15 is 0 Å². The number of benzene rings is 2. The van der Waals surface area contributed by atoms with E-state index in [9.17, 15) is 4.39 Å². The lowest BCUT2D eigenvalue weighted by atomic mass is 10.2. The fourth-order valence-corrected chi connectivity index (χ4v) is 2.32. The smallest absolute Gasteiger partial charge is 0.166 e. The zero-order valence-electron chi connectivity index (χ0n) is 12.3. The number of fused-ring (bicyclic) bond motifs is 1. The van der Waals surface area contributed by atoms with Crippen LogP contribution < -0.4 is 15.2 Å². The van der Waals surface area contributed by atoms with Gasteiger partial charge in [-0.05, 0) is 35.9 Å². The molecule has 0 unspecified atom stereocenters. The number of nitrogen functional groups attached to an aromatic ring is 1. The van der Waals surface area contributed by atoms with Gasteiger partial charge in [-0.15, -0.1) is 0 Å². The molecule has 0 aliphatic carbocycles. The van der Waals surface area contributed by atoms with E-state index in [0.717, 1.165) is 11.3 Å². The van der Waals surface area contributed by atoms with Crippen LogP contribution in [0.2, 0.25) is 5.02 Å². The largest absolute Gasteiger partial charge is 0.497 e. The summed E-state index contributed by atoms with van der Waals surface area (Å²) in [4.78, 5) is 4.20. The Morgan fingerprint density at radius 2 is 1.91 bits per heavy atom. The third-order valence-corrected chi connectivity index (χ3v) is 3.69. The highest BCUT2D eigenvalue weighted by Crippen LogP contribution is 2.29. The van der Waals surface area contributed by atoms with E-state index in [1.165, 1.54) is 12.1 Å². The first-order valence-corrected chi connectivity index (χ1v) is 7.25. The average molecular weight is 333 g/mol. The van der Waals surface area contributed by atoms with Gasteiger partial charge in [0.2, 0.25) is 0 Å². The number of hydrogen-bond donors (Lipinski definition) is 1. The highest BCUT2D eigenvalue weighted by atomic mass is 35.5. The summed E-state index contributed by atoms with van der Waals surface area (Å²) < 4.78 is 24.4. The molecule has 3 aromatic rings. The van der Waals surface area contributed by atoms with Crippen molar-refractivity contribution < 1.29 is 13.9 Å². The van der Waals surface area contributed by atoms with Gasteiger partial charge in [-0.25, -0.2) is 9.37 Å². The number of nitrogens with zero attached hydrogens (tertiary/aromatic N) is 1. The summed E-state index contributed by atoms with van der Waals surface area (Å²) in [5.74, 6) is 0.892. The molecule has 0 spiro atoms. The number of halogens is 2. The summed E-state index contributed by atoms with van der Waals surface area (Å²) in [6.07, 6.45) is 0. The van der Waals surface area contributed by atoms with Crippen LogP contribution in [0.5, 0.6) is 11.5 Å². The zero-order valence-corrected chi connectivity index (χ0v) is 13.1. The van der Waals surface area contributed by atoms with Gasteiger partial charge in [0.1, 0.15) is 18.2 Å². The number of hydrogen-bond acceptors (Lipinski definition) is 4.